The van der Waals surface area contributed by atoms with Crippen molar-refractivity contribution in [2.45, 2.75) is 12.8 Å². The summed E-state index contributed by atoms with van der Waals surface area (Å²) in [5.74, 6) is 0. The Morgan fingerprint density at radius 2 is 1.90 bits per heavy atom. The minimum Gasteiger partial charge on any atom is -0.385 e. The molecule has 0 aliphatic rings. The highest BCUT2D eigenvalue weighted by atomic mass is 35.5. The molecule has 0 heterocycles. The fourth-order valence-electron chi connectivity index (χ4n) is 1.93. The molecule has 2 aromatic rings. The maximum Gasteiger partial charge on any atom is 0.289 e. The van der Waals surface area contributed by atoms with Gasteiger partial charge in [0.1, 0.15) is 5.02 Å². The molecule has 0 unspecified atom stereocenters. The van der Waals surface area contributed by atoms with Crippen LogP contribution in [0, 0.1) is 10.1 Å². The minimum atomic E-state index is -0.475. The predicted octanol–water partition coefficient (Wildman–Crippen LogP) is 4.29. The number of aryl methyl sites for hydroxylation is 1. The highest BCUT2D eigenvalue weighted by molar-refractivity contribution is 6.32. The molecule has 0 bridgehead atoms. The van der Waals surface area contributed by atoms with Gasteiger partial charge in [0.25, 0.3) is 5.69 Å². The first kappa shape index (κ1) is 14.3. The second-order valence-corrected chi connectivity index (χ2v) is 4.85. The molecule has 0 amide bonds. The number of rotatable bonds is 6. The highest BCUT2D eigenvalue weighted by Gasteiger charge is 2.12. The maximum atomic E-state index is 10.8. The van der Waals surface area contributed by atoms with E-state index in [0.29, 0.717) is 5.69 Å². The van der Waals surface area contributed by atoms with Crippen molar-refractivity contribution in [1.82, 2.24) is 0 Å². The van der Waals surface area contributed by atoms with E-state index in [9.17, 15) is 10.1 Å². The van der Waals surface area contributed by atoms with Gasteiger partial charge in [-0.05, 0) is 30.5 Å². The standard InChI is InChI=1S/C15H15ClN2O2/c16-14-9-8-13(11-15(14)18(19)20)17-10-4-7-12-5-2-1-3-6-12/h1-3,5-6,8-9,11,17H,4,7,10H2. The van der Waals surface area contributed by atoms with Crippen LogP contribution in [0.3, 0.4) is 0 Å². The summed E-state index contributed by atoms with van der Waals surface area (Å²) in [6.45, 7) is 0.758. The number of benzene rings is 2. The highest BCUT2D eigenvalue weighted by Crippen LogP contribution is 2.27. The molecule has 0 fully saturated rings. The molecule has 5 heteroatoms. The second kappa shape index (κ2) is 6.91. The van der Waals surface area contributed by atoms with E-state index in [1.54, 1.807) is 12.1 Å². The zero-order valence-corrected chi connectivity index (χ0v) is 11.6. The fourth-order valence-corrected chi connectivity index (χ4v) is 2.12. The van der Waals surface area contributed by atoms with Crippen LogP contribution < -0.4 is 5.32 Å². The van der Waals surface area contributed by atoms with Crippen LogP contribution in [-0.2, 0) is 6.42 Å². The molecule has 0 saturated heterocycles. The van der Waals surface area contributed by atoms with Gasteiger partial charge in [0, 0.05) is 18.3 Å². The third kappa shape index (κ3) is 3.96. The van der Waals surface area contributed by atoms with Crippen LogP contribution in [0.2, 0.25) is 5.02 Å². The van der Waals surface area contributed by atoms with E-state index in [4.69, 9.17) is 11.6 Å². The number of nitro benzene ring substituents is 1. The Bertz CT molecular complexity index is 588. The van der Waals surface area contributed by atoms with Gasteiger partial charge >= 0.3 is 0 Å². The van der Waals surface area contributed by atoms with E-state index in [1.165, 1.54) is 11.6 Å². The van der Waals surface area contributed by atoms with Gasteiger partial charge in [-0.25, -0.2) is 0 Å². The smallest absolute Gasteiger partial charge is 0.289 e. The van der Waals surface area contributed by atoms with Gasteiger partial charge in [-0.15, -0.1) is 0 Å². The van der Waals surface area contributed by atoms with Gasteiger partial charge in [0.2, 0.25) is 0 Å². The van der Waals surface area contributed by atoms with Crippen LogP contribution in [0.4, 0.5) is 11.4 Å². The molecule has 2 rings (SSSR count). The van der Waals surface area contributed by atoms with Crippen molar-refractivity contribution >= 4 is 23.0 Å². The lowest BCUT2D eigenvalue weighted by Gasteiger charge is -2.07. The summed E-state index contributed by atoms with van der Waals surface area (Å²) < 4.78 is 0. The molecule has 0 atom stereocenters. The Balaban J connectivity index is 1.85. The largest absolute Gasteiger partial charge is 0.385 e. The lowest BCUT2D eigenvalue weighted by atomic mass is 10.1. The molecule has 104 valence electrons. The molecule has 0 aliphatic carbocycles. The summed E-state index contributed by atoms with van der Waals surface area (Å²) in [6.07, 6.45) is 1.93. The Hall–Kier alpha value is -2.07. The molecular formula is C15H15ClN2O2. The molecular weight excluding hydrogens is 276 g/mol. The van der Waals surface area contributed by atoms with Crippen LogP contribution in [0.5, 0.6) is 0 Å². The van der Waals surface area contributed by atoms with Crippen molar-refractivity contribution < 1.29 is 4.92 Å². The molecule has 20 heavy (non-hydrogen) atoms. The van der Waals surface area contributed by atoms with Crippen molar-refractivity contribution in [1.29, 1.82) is 0 Å². The molecule has 1 N–H and O–H groups in total. The quantitative estimate of drug-likeness (QED) is 0.490. The van der Waals surface area contributed by atoms with Crippen molar-refractivity contribution in [3.63, 3.8) is 0 Å². The van der Waals surface area contributed by atoms with Gasteiger partial charge in [-0.1, -0.05) is 41.9 Å². The molecule has 0 radical (unpaired) electrons. The number of halogens is 1. The average molecular weight is 291 g/mol. The van der Waals surface area contributed by atoms with E-state index < -0.39 is 4.92 Å². The van der Waals surface area contributed by atoms with E-state index >= 15 is 0 Å². The summed E-state index contributed by atoms with van der Waals surface area (Å²) in [4.78, 5) is 10.3. The number of nitro groups is 1. The van der Waals surface area contributed by atoms with Crippen LogP contribution in [0.1, 0.15) is 12.0 Å². The van der Waals surface area contributed by atoms with Crippen molar-refractivity contribution in [2.24, 2.45) is 0 Å². The topological polar surface area (TPSA) is 55.2 Å². The van der Waals surface area contributed by atoms with E-state index in [1.807, 2.05) is 18.2 Å². The maximum absolute atomic E-state index is 10.8. The van der Waals surface area contributed by atoms with E-state index in [-0.39, 0.29) is 10.7 Å². The first-order chi connectivity index (χ1) is 9.66. The summed E-state index contributed by atoms with van der Waals surface area (Å²) in [7, 11) is 0. The Morgan fingerprint density at radius 1 is 1.15 bits per heavy atom. The zero-order chi connectivity index (χ0) is 14.4. The first-order valence-electron chi connectivity index (χ1n) is 6.38. The fraction of sp³-hybridized carbons (Fsp3) is 0.200. The molecule has 0 aromatic heterocycles. The van der Waals surface area contributed by atoms with Crippen LogP contribution in [-0.4, -0.2) is 11.5 Å². The number of hydrogen-bond acceptors (Lipinski definition) is 3. The van der Waals surface area contributed by atoms with Crippen LogP contribution in [0.25, 0.3) is 0 Å². The Labute approximate surface area is 122 Å². The Morgan fingerprint density at radius 3 is 2.60 bits per heavy atom. The van der Waals surface area contributed by atoms with Gasteiger partial charge in [0.05, 0.1) is 4.92 Å². The lowest BCUT2D eigenvalue weighted by molar-refractivity contribution is -0.384. The van der Waals surface area contributed by atoms with Gasteiger partial charge in [-0.2, -0.15) is 0 Å². The molecule has 0 saturated carbocycles. The lowest BCUT2D eigenvalue weighted by Crippen LogP contribution is -2.03. The molecule has 2 aromatic carbocycles. The summed E-state index contributed by atoms with van der Waals surface area (Å²) in [6, 6.07) is 15.0. The van der Waals surface area contributed by atoms with Crippen LogP contribution >= 0.6 is 11.6 Å². The molecule has 4 nitrogen and oxygen atoms in total. The number of anilines is 1. The van der Waals surface area contributed by atoms with Gasteiger partial charge < -0.3 is 5.32 Å². The van der Waals surface area contributed by atoms with Crippen molar-refractivity contribution in [3.05, 3.63) is 69.2 Å². The number of nitrogens with zero attached hydrogens (tertiary/aromatic N) is 1. The Kier molecular flexibility index (Phi) is 4.96. The third-order valence-corrected chi connectivity index (χ3v) is 3.28. The number of nitrogens with one attached hydrogen (secondary N) is 1. The van der Waals surface area contributed by atoms with E-state index in [2.05, 4.69) is 17.4 Å². The molecule has 0 spiro atoms. The van der Waals surface area contributed by atoms with E-state index in [0.717, 1.165) is 19.4 Å². The first-order valence-corrected chi connectivity index (χ1v) is 6.76. The third-order valence-electron chi connectivity index (χ3n) is 2.96. The van der Waals surface area contributed by atoms with Gasteiger partial charge in [0.15, 0.2) is 0 Å². The minimum absolute atomic E-state index is 0.0697. The molecule has 0 aliphatic heterocycles. The second-order valence-electron chi connectivity index (χ2n) is 4.44. The normalized spacial score (nSPS) is 10.2. The predicted molar refractivity (Wildman–Crippen MR) is 81.4 cm³/mol. The van der Waals surface area contributed by atoms with Crippen molar-refractivity contribution in [3.8, 4) is 0 Å². The van der Waals surface area contributed by atoms with Crippen molar-refractivity contribution in [2.75, 3.05) is 11.9 Å². The number of hydrogen-bond donors (Lipinski definition) is 1. The zero-order valence-electron chi connectivity index (χ0n) is 10.9. The SMILES string of the molecule is O=[N+]([O-])c1cc(NCCCc2ccccc2)ccc1Cl. The summed E-state index contributed by atoms with van der Waals surface area (Å²) >= 11 is 5.76. The monoisotopic (exact) mass is 290 g/mol. The summed E-state index contributed by atoms with van der Waals surface area (Å²) in [5.41, 5.74) is 1.94. The summed E-state index contributed by atoms with van der Waals surface area (Å²) in [5, 5.41) is 14.1. The van der Waals surface area contributed by atoms with Gasteiger partial charge in [-0.3, -0.25) is 10.1 Å². The van der Waals surface area contributed by atoms with Crippen LogP contribution in [0.15, 0.2) is 48.5 Å². The average Bonchev–Trinajstić information content (AvgIpc) is 2.46.